The lowest BCUT2D eigenvalue weighted by Gasteiger charge is -2.15. The lowest BCUT2D eigenvalue weighted by atomic mass is 10.0. The van der Waals surface area contributed by atoms with Gasteiger partial charge in [-0.15, -0.1) is 0 Å². The van der Waals surface area contributed by atoms with Gasteiger partial charge in [-0.25, -0.2) is 0 Å². The summed E-state index contributed by atoms with van der Waals surface area (Å²) in [6.07, 6.45) is 6.47. The van der Waals surface area contributed by atoms with Gasteiger partial charge in [-0.1, -0.05) is 36.6 Å². The van der Waals surface area contributed by atoms with Gasteiger partial charge in [0.05, 0.1) is 0 Å². The van der Waals surface area contributed by atoms with Gasteiger partial charge < -0.3 is 5.32 Å². The summed E-state index contributed by atoms with van der Waals surface area (Å²) in [5.41, 5.74) is 1.35. The second-order valence-corrected chi connectivity index (χ2v) is 4.77. The molecule has 0 bridgehead atoms. The Labute approximate surface area is 96.8 Å². The van der Waals surface area contributed by atoms with Crippen LogP contribution in [0.4, 0.5) is 0 Å². The summed E-state index contributed by atoms with van der Waals surface area (Å²) in [5, 5.41) is 4.45. The van der Waals surface area contributed by atoms with Gasteiger partial charge in [0.25, 0.3) is 0 Å². The van der Waals surface area contributed by atoms with E-state index in [1.54, 1.807) is 0 Å². The molecule has 0 saturated carbocycles. The van der Waals surface area contributed by atoms with Crippen LogP contribution >= 0.6 is 11.6 Å². The maximum atomic E-state index is 5.97. The van der Waals surface area contributed by atoms with Crippen molar-refractivity contribution in [2.24, 2.45) is 0 Å². The van der Waals surface area contributed by atoms with Crippen molar-refractivity contribution in [3.05, 3.63) is 34.9 Å². The highest BCUT2D eigenvalue weighted by molar-refractivity contribution is 6.30. The van der Waals surface area contributed by atoms with Gasteiger partial charge in [-0.3, -0.25) is 0 Å². The average molecular weight is 224 g/mol. The lowest BCUT2D eigenvalue weighted by Crippen LogP contribution is -2.30. The van der Waals surface area contributed by atoms with E-state index in [0.29, 0.717) is 6.04 Å². The second-order valence-electron chi connectivity index (χ2n) is 4.33. The minimum Gasteiger partial charge on any atom is -0.314 e. The van der Waals surface area contributed by atoms with Crippen molar-refractivity contribution in [2.45, 2.75) is 38.1 Å². The third kappa shape index (κ3) is 3.51. The third-order valence-electron chi connectivity index (χ3n) is 3.03. The Hall–Kier alpha value is -0.530. The quantitative estimate of drug-likeness (QED) is 0.810. The van der Waals surface area contributed by atoms with Crippen LogP contribution in [-0.2, 0) is 6.42 Å². The summed E-state index contributed by atoms with van der Waals surface area (Å²) in [5.74, 6) is 0. The van der Waals surface area contributed by atoms with E-state index in [0.717, 1.165) is 11.4 Å². The smallest absolute Gasteiger partial charge is 0.0408 e. The van der Waals surface area contributed by atoms with E-state index in [4.69, 9.17) is 11.6 Å². The third-order valence-corrected chi connectivity index (χ3v) is 3.27. The fourth-order valence-electron chi connectivity index (χ4n) is 2.22. The van der Waals surface area contributed by atoms with Crippen LogP contribution in [0.1, 0.15) is 31.2 Å². The van der Waals surface area contributed by atoms with Crippen molar-refractivity contribution in [1.82, 2.24) is 5.32 Å². The first-order chi connectivity index (χ1) is 7.34. The maximum absolute atomic E-state index is 5.97. The number of hydrogen-bond donors (Lipinski definition) is 1. The van der Waals surface area contributed by atoms with Crippen molar-refractivity contribution >= 4 is 11.6 Å². The Morgan fingerprint density at radius 2 is 2.20 bits per heavy atom. The standard InChI is InChI=1S/C13H18ClN/c14-12-6-4-5-11(9-12)10-13-7-2-1-3-8-15-13/h4-6,9,13,15H,1-3,7-8,10H2. The molecule has 1 aliphatic rings. The molecule has 15 heavy (non-hydrogen) atoms. The number of hydrogen-bond acceptors (Lipinski definition) is 1. The van der Waals surface area contributed by atoms with Crippen molar-refractivity contribution in [2.75, 3.05) is 6.54 Å². The molecule has 2 heteroatoms. The van der Waals surface area contributed by atoms with Gasteiger partial charge in [0.15, 0.2) is 0 Å². The minimum absolute atomic E-state index is 0.644. The summed E-state index contributed by atoms with van der Waals surface area (Å²) in [4.78, 5) is 0. The molecule has 1 fully saturated rings. The van der Waals surface area contributed by atoms with E-state index < -0.39 is 0 Å². The molecule has 0 aliphatic carbocycles. The highest BCUT2D eigenvalue weighted by Gasteiger charge is 2.11. The summed E-state index contributed by atoms with van der Waals surface area (Å²) < 4.78 is 0. The van der Waals surface area contributed by atoms with Crippen molar-refractivity contribution < 1.29 is 0 Å². The van der Waals surface area contributed by atoms with Gasteiger partial charge in [0.1, 0.15) is 0 Å². The fraction of sp³-hybridized carbons (Fsp3) is 0.538. The Kier molecular flexibility index (Phi) is 4.04. The molecule has 2 rings (SSSR count). The SMILES string of the molecule is Clc1cccc(CC2CCCCCN2)c1. The predicted octanol–water partition coefficient (Wildman–Crippen LogP) is 3.41. The van der Waals surface area contributed by atoms with E-state index >= 15 is 0 Å². The molecule has 1 unspecified atom stereocenters. The number of rotatable bonds is 2. The predicted molar refractivity (Wildman–Crippen MR) is 65.4 cm³/mol. The van der Waals surface area contributed by atoms with Gasteiger partial charge in [-0.2, -0.15) is 0 Å². The molecule has 1 N–H and O–H groups in total. The molecule has 0 amide bonds. The average Bonchev–Trinajstić information content (AvgIpc) is 2.46. The van der Waals surface area contributed by atoms with Crippen LogP contribution in [0.3, 0.4) is 0 Å². The molecular formula is C13H18ClN. The first-order valence-corrected chi connectivity index (χ1v) is 6.20. The summed E-state index contributed by atoms with van der Waals surface area (Å²) in [6, 6.07) is 8.86. The molecule has 0 radical (unpaired) electrons. The topological polar surface area (TPSA) is 12.0 Å². The van der Waals surface area contributed by atoms with Crippen LogP contribution in [0.2, 0.25) is 5.02 Å². The van der Waals surface area contributed by atoms with E-state index in [9.17, 15) is 0 Å². The van der Waals surface area contributed by atoms with Gasteiger partial charge >= 0.3 is 0 Å². The first kappa shape index (κ1) is 11.0. The molecule has 82 valence electrons. The van der Waals surface area contributed by atoms with E-state index in [1.165, 1.54) is 37.8 Å². The highest BCUT2D eigenvalue weighted by atomic mass is 35.5. The Bertz CT molecular complexity index is 303. The first-order valence-electron chi connectivity index (χ1n) is 5.82. The maximum Gasteiger partial charge on any atom is 0.0408 e. The molecule has 0 aromatic heterocycles. The minimum atomic E-state index is 0.644. The van der Waals surface area contributed by atoms with Crippen LogP contribution in [0.15, 0.2) is 24.3 Å². The molecule has 1 aromatic rings. The fourth-order valence-corrected chi connectivity index (χ4v) is 2.44. The normalized spacial score (nSPS) is 22.3. The second kappa shape index (κ2) is 5.53. The molecule has 1 saturated heterocycles. The zero-order valence-electron chi connectivity index (χ0n) is 9.01. The molecule has 1 heterocycles. The van der Waals surface area contributed by atoms with Gasteiger partial charge in [0.2, 0.25) is 0 Å². The molecule has 1 nitrogen and oxygen atoms in total. The largest absolute Gasteiger partial charge is 0.314 e. The summed E-state index contributed by atoms with van der Waals surface area (Å²) in [6.45, 7) is 1.17. The van der Waals surface area contributed by atoms with Crippen LogP contribution in [0.5, 0.6) is 0 Å². The summed E-state index contributed by atoms with van der Waals surface area (Å²) >= 11 is 5.97. The van der Waals surface area contributed by atoms with E-state index in [2.05, 4.69) is 17.4 Å². The Morgan fingerprint density at radius 3 is 3.07 bits per heavy atom. The molecule has 1 aliphatic heterocycles. The van der Waals surface area contributed by atoms with Crippen LogP contribution in [-0.4, -0.2) is 12.6 Å². The summed E-state index contributed by atoms with van der Waals surface area (Å²) in [7, 11) is 0. The van der Waals surface area contributed by atoms with E-state index in [1.807, 2.05) is 12.1 Å². The molecular weight excluding hydrogens is 206 g/mol. The van der Waals surface area contributed by atoms with Gasteiger partial charge in [-0.05, 0) is 43.5 Å². The van der Waals surface area contributed by atoms with Crippen molar-refractivity contribution in [3.63, 3.8) is 0 Å². The van der Waals surface area contributed by atoms with Crippen LogP contribution in [0, 0.1) is 0 Å². The highest BCUT2D eigenvalue weighted by Crippen LogP contribution is 2.16. The van der Waals surface area contributed by atoms with E-state index in [-0.39, 0.29) is 0 Å². The number of benzene rings is 1. The zero-order chi connectivity index (χ0) is 10.5. The number of halogens is 1. The monoisotopic (exact) mass is 223 g/mol. The molecule has 1 aromatic carbocycles. The van der Waals surface area contributed by atoms with Crippen LogP contribution < -0.4 is 5.32 Å². The van der Waals surface area contributed by atoms with Gasteiger partial charge in [0, 0.05) is 11.1 Å². The van der Waals surface area contributed by atoms with Crippen molar-refractivity contribution in [1.29, 1.82) is 0 Å². The lowest BCUT2D eigenvalue weighted by molar-refractivity contribution is 0.507. The van der Waals surface area contributed by atoms with Crippen LogP contribution in [0.25, 0.3) is 0 Å². The Morgan fingerprint density at radius 1 is 1.27 bits per heavy atom. The molecule has 0 spiro atoms. The zero-order valence-corrected chi connectivity index (χ0v) is 9.76. The Balaban J connectivity index is 1.95. The van der Waals surface area contributed by atoms with Crippen molar-refractivity contribution in [3.8, 4) is 0 Å². The molecule has 1 atom stereocenters. The number of nitrogens with one attached hydrogen (secondary N) is 1.